The summed E-state index contributed by atoms with van der Waals surface area (Å²) in [5, 5.41) is 0.0817. The highest BCUT2D eigenvalue weighted by Gasteiger charge is 2.25. The van der Waals surface area contributed by atoms with Crippen molar-refractivity contribution in [1.29, 1.82) is 0 Å². The van der Waals surface area contributed by atoms with Crippen molar-refractivity contribution in [2.24, 2.45) is 0 Å². The van der Waals surface area contributed by atoms with Gasteiger partial charge < -0.3 is 4.90 Å². The first-order valence-electron chi connectivity index (χ1n) is 9.86. The summed E-state index contributed by atoms with van der Waals surface area (Å²) in [5.41, 5.74) is 2.84. The zero-order valence-corrected chi connectivity index (χ0v) is 18.6. The van der Waals surface area contributed by atoms with E-state index in [0.29, 0.717) is 11.3 Å². The van der Waals surface area contributed by atoms with Crippen LogP contribution in [0.5, 0.6) is 0 Å². The molecule has 0 bridgehead atoms. The number of anilines is 1. The lowest BCUT2D eigenvalue weighted by Crippen LogP contribution is -2.38. The van der Waals surface area contributed by atoms with Gasteiger partial charge >= 0.3 is 0 Å². The number of halogens is 1. The van der Waals surface area contributed by atoms with E-state index in [1.54, 1.807) is 30.1 Å². The Bertz CT molecular complexity index is 1010. The maximum Gasteiger partial charge on any atom is 0.263 e. The zero-order chi connectivity index (χ0) is 21.2. The number of rotatable bonds is 5. The summed E-state index contributed by atoms with van der Waals surface area (Å²) in [4.78, 5) is 14.6. The van der Waals surface area contributed by atoms with E-state index in [2.05, 4.69) is 4.72 Å². The Morgan fingerprint density at radius 1 is 1.03 bits per heavy atom. The van der Waals surface area contributed by atoms with Gasteiger partial charge in [-0.2, -0.15) is 0 Å². The van der Waals surface area contributed by atoms with Crippen LogP contribution in [0.15, 0.2) is 41.3 Å². The fourth-order valence-electron chi connectivity index (χ4n) is 3.70. The first-order chi connectivity index (χ1) is 13.7. The minimum absolute atomic E-state index is 0.0817. The molecule has 0 heterocycles. The van der Waals surface area contributed by atoms with Crippen LogP contribution >= 0.6 is 11.6 Å². The maximum atomic E-state index is 12.9. The van der Waals surface area contributed by atoms with Crippen LogP contribution < -0.4 is 4.72 Å². The number of nitrogens with zero attached hydrogens (tertiary/aromatic N) is 1. The molecule has 0 spiro atoms. The molecule has 2 aromatic carbocycles. The number of hydrogen-bond acceptors (Lipinski definition) is 3. The van der Waals surface area contributed by atoms with Gasteiger partial charge in [0.05, 0.1) is 5.02 Å². The Morgan fingerprint density at radius 3 is 2.38 bits per heavy atom. The van der Waals surface area contributed by atoms with E-state index >= 15 is 0 Å². The molecule has 0 aromatic heterocycles. The van der Waals surface area contributed by atoms with Crippen molar-refractivity contribution in [3.63, 3.8) is 0 Å². The Morgan fingerprint density at radius 2 is 1.72 bits per heavy atom. The molecule has 29 heavy (non-hydrogen) atoms. The molecule has 156 valence electrons. The topological polar surface area (TPSA) is 66.5 Å². The normalized spacial score (nSPS) is 15.2. The van der Waals surface area contributed by atoms with E-state index in [0.717, 1.165) is 36.8 Å². The molecular formula is C22H27ClN2O3S. The summed E-state index contributed by atoms with van der Waals surface area (Å²) in [7, 11) is -2.15. The Balaban J connectivity index is 1.87. The van der Waals surface area contributed by atoms with E-state index in [4.69, 9.17) is 11.6 Å². The highest BCUT2D eigenvalue weighted by Crippen LogP contribution is 2.28. The number of carbonyl (C=O) groups is 1. The fraction of sp³-hybridized carbons (Fsp3) is 0.409. The maximum absolute atomic E-state index is 12.9. The van der Waals surface area contributed by atoms with Crippen LogP contribution in [0, 0.1) is 13.8 Å². The summed E-state index contributed by atoms with van der Waals surface area (Å²) in [6.45, 7) is 3.88. The highest BCUT2D eigenvalue weighted by atomic mass is 35.5. The van der Waals surface area contributed by atoms with Crippen LogP contribution in [0.25, 0.3) is 0 Å². The van der Waals surface area contributed by atoms with Crippen molar-refractivity contribution < 1.29 is 13.2 Å². The van der Waals surface area contributed by atoms with Crippen LogP contribution in [0.1, 0.15) is 53.6 Å². The van der Waals surface area contributed by atoms with Gasteiger partial charge in [0.1, 0.15) is 4.90 Å². The van der Waals surface area contributed by atoms with E-state index in [-0.39, 0.29) is 21.9 Å². The highest BCUT2D eigenvalue weighted by molar-refractivity contribution is 7.92. The molecule has 1 amide bonds. The second-order valence-electron chi connectivity index (χ2n) is 7.76. The van der Waals surface area contributed by atoms with Gasteiger partial charge in [-0.3, -0.25) is 9.52 Å². The molecule has 3 rings (SSSR count). The first kappa shape index (κ1) is 21.7. The molecule has 1 aliphatic rings. The van der Waals surface area contributed by atoms with Crippen LogP contribution in [-0.4, -0.2) is 32.3 Å². The first-order valence-corrected chi connectivity index (χ1v) is 11.7. The summed E-state index contributed by atoms with van der Waals surface area (Å²) in [6.07, 6.45) is 5.39. The number of carbonyl (C=O) groups excluding carboxylic acids is 1. The summed E-state index contributed by atoms with van der Waals surface area (Å²) in [5.74, 6) is -0.184. The molecular weight excluding hydrogens is 408 g/mol. The molecule has 0 radical (unpaired) electrons. The number of aryl methyl sites for hydroxylation is 2. The molecule has 2 aromatic rings. The standard InChI is InChI=1S/C22H27ClN2O3S/c1-15-9-11-18(13-16(15)2)24-29(27,28)21-14-17(10-12-20(21)23)22(26)25(3)19-7-5-4-6-8-19/h9-14,19,24H,4-8H2,1-3H3. The Hall–Kier alpha value is -2.05. The van der Waals surface area contributed by atoms with Crippen molar-refractivity contribution in [3.05, 3.63) is 58.1 Å². The van der Waals surface area contributed by atoms with Crippen molar-refractivity contribution in [2.75, 3.05) is 11.8 Å². The molecule has 1 saturated carbocycles. The third-order valence-corrected chi connectivity index (χ3v) is 7.53. The van der Waals surface area contributed by atoms with Gasteiger partial charge in [-0.25, -0.2) is 8.42 Å². The molecule has 1 N–H and O–H groups in total. The van der Waals surface area contributed by atoms with Crippen LogP contribution in [-0.2, 0) is 10.0 Å². The van der Waals surface area contributed by atoms with E-state index < -0.39 is 10.0 Å². The molecule has 0 unspecified atom stereocenters. The molecule has 5 nitrogen and oxygen atoms in total. The van der Waals surface area contributed by atoms with E-state index in [9.17, 15) is 13.2 Å². The van der Waals surface area contributed by atoms with Gasteiger partial charge in [0.15, 0.2) is 0 Å². The average Bonchev–Trinajstić information content (AvgIpc) is 2.70. The quantitative estimate of drug-likeness (QED) is 0.706. The van der Waals surface area contributed by atoms with E-state index in [1.165, 1.54) is 18.6 Å². The van der Waals surface area contributed by atoms with Gasteiger partial charge in [-0.15, -0.1) is 0 Å². The third kappa shape index (κ3) is 4.93. The number of benzene rings is 2. The summed E-state index contributed by atoms with van der Waals surface area (Å²) in [6, 6.07) is 9.95. The van der Waals surface area contributed by atoms with Crippen molar-refractivity contribution in [2.45, 2.75) is 56.9 Å². The summed E-state index contributed by atoms with van der Waals surface area (Å²) >= 11 is 6.19. The predicted molar refractivity (Wildman–Crippen MR) is 117 cm³/mol. The Labute approximate surface area is 178 Å². The van der Waals surface area contributed by atoms with Crippen LogP contribution in [0.3, 0.4) is 0 Å². The van der Waals surface area contributed by atoms with Crippen molar-refractivity contribution >= 4 is 33.2 Å². The largest absolute Gasteiger partial charge is 0.339 e. The fourth-order valence-corrected chi connectivity index (χ4v) is 5.27. The van der Waals surface area contributed by atoms with Crippen molar-refractivity contribution in [3.8, 4) is 0 Å². The number of amides is 1. The molecule has 1 fully saturated rings. The number of hydrogen-bond donors (Lipinski definition) is 1. The van der Waals surface area contributed by atoms with E-state index in [1.807, 2.05) is 19.9 Å². The SMILES string of the molecule is Cc1ccc(NS(=O)(=O)c2cc(C(=O)N(C)C3CCCCC3)ccc2Cl)cc1C. The number of nitrogens with one attached hydrogen (secondary N) is 1. The lowest BCUT2D eigenvalue weighted by molar-refractivity contribution is 0.0696. The van der Waals surface area contributed by atoms with Crippen molar-refractivity contribution in [1.82, 2.24) is 4.90 Å². The lowest BCUT2D eigenvalue weighted by Gasteiger charge is -2.31. The molecule has 0 atom stereocenters. The van der Waals surface area contributed by atoms with Gasteiger partial charge in [-0.1, -0.05) is 36.9 Å². The number of sulfonamides is 1. The molecule has 0 saturated heterocycles. The third-order valence-electron chi connectivity index (χ3n) is 5.67. The average molecular weight is 435 g/mol. The smallest absolute Gasteiger partial charge is 0.263 e. The zero-order valence-electron chi connectivity index (χ0n) is 17.0. The minimum atomic E-state index is -3.93. The Kier molecular flexibility index (Phi) is 6.54. The van der Waals surface area contributed by atoms with Gasteiger partial charge in [0, 0.05) is 24.3 Å². The second-order valence-corrected chi connectivity index (χ2v) is 9.82. The molecule has 7 heteroatoms. The van der Waals surface area contributed by atoms with Crippen LogP contribution in [0.4, 0.5) is 5.69 Å². The van der Waals surface area contributed by atoms with Gasteiger partial charge in [0.2, 0.25) is 0 Å². The lowest BCUT2D eigenvalue weighted by atomic mass is 9.94. The molecule has 1 aliphatic carbocycles. The monoisotopic (exact) mass is 434 g/mol. The second kappa shape index (κ2) is 8.76. The molecule has 0 aliphatic heterocycles. The van der Waals surface area contributed by atoms with Gasteiger partial charge in [-0.05, 0) is 68.1 Å². The predicted octanol–water partition coefficient (Wildman–Crippen LogP) is 5.16. The summed E-state index contributed by atoms with van der Waals surface area (Å²) < 4.78 is 28.5. The minimum Gasteiger partial charge on any atom is -0.339 e. The van der Waals surface area contributed by atoms with Gasteiger partial charge in [0.25, 0.3) is 15.9 Å². The van der Waals surface area contributed by atoms with Crippen LogP contribution in [0.2, 0.25) is 5.02 Å².